The van der Waals surface area contributed by atoms with Crippen molar-refractivity contribution in [1.82, 2.24) is 25.5 Å². The highest BCUT2D eigenvalue weighted by Gasteiger charge is 2.14. The Labute approximate surface area is 171 Å². The molecule has 1 aromatic carbocycles. The molecule has 10 heteroatoms. The van der Waals surface area contributed by atoms with Gasteiger partial charge in [-0.05, 0) is 36.2 Å². The van der Waals surface area contributed by atoms with Gasteiger partial charge in [-0.3, -0.25) is 14.6 Å². The van der Waals surface area contributed by atoms with Crippen LogP contribution >= 0.6 is 0 Å². The Kier molecular flexibility index (Phi) is 6.68. The third kappa shape index (κ3) is 5.37. The molecule has 0 radical (unpaired) electrons. The number of rotatable bonds is 8. The fourth-order valence-corrected chi connectivity index (χ4v) is 2.65. The Balaban J connectivity index is 1.60. The summed E-state index contributed by atoms with van der Waals surface area (Å²) in [6.07, 6.45) is 3.27. The number of likely N-dealkylation sites (N-methyl/N-ethyl adjacent to an activating group) is 1. The van der Waals surface area contributed by atoms with E-state index in [0.717, 1.165) is 5.56 Å². The molecule has 0 fully saturated rings. The molecule has 0 aliphatic carbocycles. The van der Waals surface area contributed by atoms with Crippen LogP contribution in [0, 0.1) is 11.8 Å². The van der Waals surface area contributed by atoms with Gasteiger partial charge in [0.2, 0.25) is 11.9 Å². The lowest BCUT2D eigenvalue weighted by molar-refractivity contribution is -0.119. The van der Waals surface area contributed by atoms with Gasteiger partial charge in [0.1, 0.15) is 5.82 Å². The molecule has 0 saturated carbocycles. The maximum Gasteiger partial charge on any atom is 0.253 e. The largest absolute Gasteiger partial charge is 0.358 e. The summed E-state index contributed by atoms with van der Waals surface area (Å²) in [6.45, 7) is 0.266. The van der Waals surface area contributed by atoms with Crippen LogP contribution in [0.2, 0.25) is 0 Å². The van der Waals surface area contributed by atoms with E-state index in [0.29, 0.717) is 18.7 Å². The molecule has 3 rings (SSSR count). The second kappa shape index (κ2) is 9.59. The molecule has 0 spiro atoms. The third-order valence-electron chi connectivity index (χ3n) is 4.24. The number of carbonyl (C=O) groups is 2. The number of nitrogens with zero attached hydrogens (tertiary/aromatic N) is 3. The number of benzene rings is 1. The minimum atomic E-state index is -0.724. The molecule has 0 unspecified atom stereocenters. The van der Waals surface area contributed by atoms with E-state index in [1.807, 2.05) is 0 Å². The molecule has 3 N–H and O–H groups in total. The maximum atomic E-state index is 14.2. The average molecular weight is 414 g/mol. The second-order valence-electron chi connectivity index (χ2n) is 6.35. The lowest BCUT2D eigenvalue weighted by Crippen LogP contribution is -2.35. The molecule has 2 aromatic heterocycles. The van der Waals surface area contributed by atoms with Crippen LogP contribution in [0.15, 0.2) is 48.8 Å². The fraction of sp³-hybridized carbons (Fsp3) is 0.200. The molecule has 0 aliphatic rings. The molecule has 156 valence electrons. The van der Waals surface area contributed by atoms with Gasteiger partial charge in [0, 0.05) is 19.8 Å². The number of pyridine rings is 1. The average Bonchev–Trinajstić information content (AvgIpc) is 3.12. The Morgan fingerprint density at radius 2 is 2.00 bits per heavy atom. The van der Waals surface area contributed by atoms with Crippen molar-refractivity contribution >= 4 is 11.8 Å². The van der Waals surface area contributed by atoms with Crippen molar-refractivity contribution in [2.45, 2.75) is 6.42 Å². The lowest BCUT2D eigenvalue weighted by atomic mass is 10.1. The third-order valence-corrected chi connectivity index (χ3v) is 4.24. The van der Waals surface area contributed by atoms with Crippen molar-refractivity contribution in [2.24, 2.45) is 0 Å². The van der Waals surface area contributed by atoms with Crippen molar-refractivity contribution in [3.8, 4) is 11.3 Å². The van der Waals surface area contributed by atoms with E-state index < -0.39 is 11.9 Å². The zero-order chi connectivity index (χ0) is 21.5. The molecule has 0 saturated heterocycles. The summed E-state index contributed by atoms with van der Waals surface area (Å²) in [5, 5.41) is 8.60. The lowest BCUT2D eigenvalue weighted by Gasteiger charge is -2.06. The number of carbonyl (C=O) groups excluding carboxylic acids is 2. The second-order valence-corrected chi connectivity index (χ2v) is 6.35. The van der Waals surface area contributed by atoms with Gasteiger partial charge >= 0.3 is 0 Å². The van der Waals surface area contributed by atoms with Gasteiger partial charge in [-0.1, -0.05) is 12.1 Å². The van der Waals surface area contributed by atoms with Crippen LogP contribution in [0.25, 0.3) is 11.3 Å². The SMILES string of the molecule is CNC(=O)CNC(=O)c1ccc(-c2cn(NCCc3cccc(F)c3)nc2F)nc1. The molecule has 30 heavy (non-hydrogen) atoms. The first-order valence-electron chi connectivity index (χ1n) is 9.15. The van der Waals surface area contributed by atoms with Gasteiger partial charge in [-0.25, -0.2) is 4.39 Å². The highest BCUT2D eigenvalue weighted by atomic mass is 19.1. The first-order chi connectivity index (χ1) is 14.5. The molecule has 0 aliphatic heterocycles. The van der Waals surface area contributed by atoms with Gasteiger partial charge < -0.3 is 16.1 Å². The summed E-state index contributed by atoms with van der Waals surface area (Å²) in [5.41, 5.74) is 4.42. The van der Waals surface area contributed by atoms with Gasteiger partial charge in [-0.15, -0.1) is 5.10 Å². The number of nitrogens with one attached hydrogen (secondary N) is 3. The van der Waals surface area contributed by atoms with E-state index in [9.17, 15) is 18.4 Å². The van der Waals surface area contributed by atoms with E-state index in [1.54, 1.807) is 12.1 Å². The maximum absolute atomic E-state index is 14.2. The fourth-order valence-electron chi connectivity index (χ4n) is 2.65. The van der Waals surface area contributed by atoms with Crippen LogP contribution in [0.1, 0.15) is 15.9 Å². The Bertz CT molecular complexity index is 1040. The van der Waals surface area contributed by atoms with Crippen LogP contribution in [0.3, 0.4) is 0 Å². The molecule has 2 heterocycles. The van der Waals surface area contributed by atoms with Gasteiger partial charge in [-0.2, -0.15) is 9.18 Å². The molecule has 0 bridgehead atoms. The van der Waals surface area contributed by atoms with Crippen molar-refractivity contribution in [1.29, 1.82) is 0 Å². The zero-order valence-corrected chi connectivity index (χ0v) is 16.2. The highest BCUT2D eigenvalue weighted by Crippen LogP contribution is 2.19. The molecule has 0 atom stereocenters. The van der Waals surface area contributed by atoms with Crippen molar-refractivity contribution in [3.63, 3.8) is 0 Å². The highest BCUT2D eigenvalue weighted by molar-refractivity contribution is 5.96. The van der Waals surface area contributed by atoms with Gasteiger partial charge in [0.25, 0.3) is 5.91 Å². The van der Waals surface area contributed by atoms with Crippen LogP contribution in [-0.4, -0.2) is 46.8 Å². The Hall–Kier alpha value is -3.82. The first kappa shape index (κ1) is 20.9. The van der Waals surface area contributed by atoms with Crippen molar-refractivity contribution in [2.75, 3.05) is 25.6 Å². The number of aromatic nitrogens is 3. The molecule has 2 amide bonds. The quantitative estimate of drug-likeness (QED) is 0.519. The monoisotopic (exact) mass is 414 g/mol. The van der Waals surface area contributed by atoms with Crippen LogP contribution in [0.4, 0.5) is 8.78 Å². The van der Waals surface area contributed by atoms with E-state index in [-0.39, 0.29) is 29.4 Å². The molecule has 3 aromatic rings. The smallest absolute Gasteiger partial charge is 0.253 e. The summed E-state index contributed by atoms with van der Waals surface area (Å²) in [5.74, 6) is -1.82. The topological polar surface area (TPSA) is 101 Å². The summed E-state index contributed by atoms with van der Waals surface area (Å²) >= 11 is 0. The van der Waals surface area contributed by atoms with Crippen molar-refractivity contribution < 1.29 is 18.4 Å². The van der Waals surface area contributed by atoms with Gasteiger partial charge in [0.05, 0.1) is 29.6 Å². The number of hydrogen-bond acceptors (Lipinski definition) is 5. The first-order valence-corrected chi connectivity index (χ1v) is 9.15. The van der Waals surface area contributed by atoms with E-state index in [2.05, 4.69) is 26.1 Å². The van der Waals surface area contributed by atoms with Crippen LogP contribution in [-0.2, 0) is 11.2 Å². The van der Waals surface area contributed by atoms with E-state index >= 15 is 0 Å². The summed E-state index contributed by atoms with van der Waals surface area (Å²) < 4.78 is 27.4. The standard InChI is InChI=1S/C20H20F2N6O2/c1-23-18(29)11-25-20(30)14-5-6-17(24-10-14)16-12-28(27-19(16)22)26-8-7-13-3-2-4-15(21)9-13/h2-6,9-10,12,26H,7-8,11H2,1H3,(H,23,29)(H,25,30). The number of halogens is 2. The van der Waals surface area contributed by atoms with Gasteiger partial charge in [0.15, 0.2) is 0 Å². The zero-order valence-electron chi connectivity index (χ0n) is 16.2. The van der Waals surface area contributed by atoms with Crippen LogP contribution < -0.4 is 16.1 Å². The normalized spacial score (nSPS) is 10.5. The van der Waals surface area contributed by atoms with Crippen molar-refractivity contribution in [3.05, 3.63) is 71.7 Å². The summed E-state index contributed by atoms with van der Waals surface area (Å²) in [7, 11) is 1.47. The van der Waals surface area contributed by atoms with Crippen LogP contribution in [0.5, 0.6) is 0 Å². The predicted molar refractivity (Wildman–Crippen MR) is 106 cm³/mol. The minimum Gasteiger partial charge on any atom is -0.358 e. The molecule has 8 nitrogen and oxygen atoms in total. The molecular weight excluding hydrogens is 394 g/mol. The summed E-state index contributed by atoms with van der Waals surface area (Å²) in [4.78, 5) is 28.5. The Morgan fingerprint density at radius 1 is 1.17 bits per heavy atom. The number of hydrogen-bond donors (Lipinski definition) is 3. The summed E-state index contributed by atoms with van der Waals surface area (Å²) in [6, 6.07) is 9.21. The van der Waals surface area contributed by atoms with E-state index in [4.69, 9.17) is 0 Å². The number of amides is 2. The predicted octanol–water partition coefficient (Wildman–Crippen LogP) is 1.49. The molecular formula is C20H20F2N6O2. The Morgan fingerprint density at radius 3 is 2.70 bits per heavy atom. The minimum absolute atomic E-state index is 0.153. The van der Waals surface area contributed by atoms with E-state index in [1.165, 1.54) is 48.5 Å².